The number of hydrogen-bond acceptors (Lipinski definition) is 4. The Labute approximate surface area is 139 Å². The fourth-order valence-corrected chi connectivity index (χ4v) is 2.76. The van der Waals surface area contributed by atoms with Gasteiger partial charge in [0.05, 0.1) is 0 Å². The first-order valence-electron chi connectivity index (χ1n) is 7.43. The molecular weight excluding hydrogens is 312 g/mol. The molecule has 0 spiro atoms. The first-order chi connectivity index (χ1) is 11.0. The van der Waals surface area contributed by atoms with Crippen LogP contribution in [0.5, 0.6) is 0 Å². The minimum absolute atomic E-state index is 0.126. The molecule has 7 heteroatoms. The minimum atomic E-state index is -0.383. The number of anilines is 2. The van der Waals surface area contributed by atoms with Gasteiger partial charge < -0.3 is 10.2 Å². The van der Waals surface area contributed by atoms with Gasteiger partial charge in [-0.25, -0.2) is 9.78 Å². The minimum Gasteiger partial charge on any atom is -0.338 e. The summed E-state index contributed by atoms with van der Waals surface area (Å²) in [5.41, 5.74) is 2.12. The van der Waals surface area contributed by atoms with Crippen LogP contribution in [0, 0.1) is 6.92 Å². The van der Waals surface area contributed by atoms with Crippen LogP contribution in [-0.2, 0) is 0 Å². The predicted molar refractivity (Wildman–Crippen MR) is 93.2 cm³/mol. The predicted octanol–water partition coefficient (Wildman–Crippen LogP) is 3.58. The molecule has 2 rings (SSSR count). The molecule has 0 aliphatic heterocycles. The van der Waals surface area contributed by atoms with E-state index in [2.05, 4.69) is 15.6 Å². The number of thiazole rings is 1. The largest absolute Gasteiger partial charge is 0.338 e. The number of aryl methyl sites for hydroxylation is 1. The van der Waals surface area contributed by atoms with Gasteiger partial charge in [-0.3, -0.25) is 10.1 Å². The zero-order valence-corrected chi connectivity index (χ0v) is 14.2. The lowest BCUT2D eigenvalue weighted by Crippen LogP contribution is -2.30. The molecular formula is C16H20N4O2S. The Balaban J connectivity index is 1.98. The van der Waals surface area contributed by atoms with Crippen molar-refractivity contribution in [1.29, 1.82) is 0 Å². The van der Waals surface area contributed by atoms with Gasteiger partial charge in [0, 0.05) is 24.2 Å². The summed E-state index contributed by atoms with van der Waals surface area (Å²) in [6.07, 6.45) is 0. The quantitative estimate of drug-likeness (QED) is 0.879. The Bertz CT molecular complexity index is 695. The van der Waals surface area contributed by atoms with Crippen molar-refractivity contribution in [2.24, 2.45) is 0 Å². The third-order valence-electron chi connectivity index (χ3n) is 3.27. The van der Waals surface area contributed by atoms with Crippen LogP contribution in [0.1, 0.15) is 29.9 Å². The standard InChI is InChI=1S/C16H20N4O2S/c1-4-20(5-2)14(21)13-10-23-16(18-13)19-15(22)17-12-8-6-7-11(3)9-12/h6-10H,4-5H2,1-3H3,(H2,17,18,19,22). The molecule has 6 nitrogen and oxygen atoms in total. The number of urea groups is 1. The number of aromatic nitrogens is 1. The molecule has 0 bridgehead atoms. The lowest BCUT2D eigenvalue weighted by atomic mass is 10.2. The van der Waals surface area contributed by atoms with Crippen molar-refractivity contribution >= 4 is 34.1 Å². The Hall–Kier alpha value is -2.41. The third kappa shape index (κ3) is 4.53. The van der Waals surface area contributed by atoms with Crippen LogP contribution in [-0.4, -0.2) is 34.9 Å². The molecule has 23 heavy (non-hydrogen) atoms. The number of carbonyl (C=O) groups excluding carboxylic acids is 2. The molecule has 1 aromatic carbocycles. The first-order valence-corrected chi connectivity index (χ1v) is 8.31. The van der Waals surface area contributed by atoms with E-state index < -0.39 is 0 Å². The lowest BCUT2D eigenvalue weighted by molar-refractivity contribution is 0.0768. The summed E-state index contributed by atoms with van der Waals surface area (Å²) >= 11 is 1.23. The van der Waals surface area contributed by atoms with Crippen molar-refractivity contribution in [3.63, 3.8) is 0 Å². The van der Waals surface area contributed by atoms with Gasteiger partial charge in [-0.1, -0.05) is 12.1 Å². The Kier molecular flexibility index (Phi) is 5.70. The molecule has 0 radical (unpaired) electrons. The van der Waals surface area contributed by atoms with Crippen LogP contribution < -0.4 is 10.6 Å². The molecule has 0 saturated carbocycles. The topological polar surface area (TPSA) is 74.3 Å². The highest BCUT2D eigenvalue weighted by molar-refractivity contribution is 7.14. The van der Waals surface area contributed by atoms with E-state index in [-0.39, 0.29) is 11.9 Å². The Morgan fingerprint density at radius 3 is 2.61 bits per heavy atom. The SMILES string of the molecule is CCN(CC)C(=O)c1csc(NC(=O)Nc2cccc(C)c2)n1. The monoisotopic (exact) mass is 332 g/mol. The Morgan fingerprint density at radius 1 is 1.22 bits per heavy atom. The molecule has 122 valence electrons. The summed E-state index contributed by atoms with van der Waals surface area (Å²) in [5.74, 6) is -0.126. The highest BCUT2D eigenvalue weighted by atomic mass is 32.1. The van der Waals surface area contributed by atoms with Gasteiger partial charge in [0.1, 0.15) is 5.69 Å². The fourth-order valence-electron chi connectivity index (χ4n) is 2.08. The van der Waals surface area contributed by atoms with E-state index in [4.69, 9.17) is 0 Å². The zero-order valence-electron chi connectivity index (χ0n) is 13.4. The summed E-state index contributed by atoms with van der Waals surface area (Å²) in [5, 5.41) is 7.43. The van der Waals surface area contributed by atoms with E-state index in [1.165, 1.54) is 11.3 Å². The molecule has 0 saturated heterocycles. The van der Waals surface area contributed by atoms with Crippen molar-refractivity contribution in [3.05, 3.63) is 40.9 Å². The summed E-state index contributed by atoms with van der Waals surface area (Å²) in [6, 6.07) is 7.12. The highest BCUT2D eigenvalue weighted by Gasteiger charge is 2.16. The molecule has 3 amide bonds. The number of carbonyl (C=O) groups is 2. The van der Waals surface area contributed by atoms with Gasteiger partial charge in [-0.15, -0.1) is 11.3 Å². The van der Waals surface area contributed by atoms with Crippen LogP contribution in [0.15, 0.2) is 29.6 Å². The van der Waals surface area contributed by atoms with Gasteiger partial charge in [-0.2, -0.15) is 0 Å². The van der Waals surface area contributed by atoms with Crippen LogP contribution in [0.3, 0.4) is 0 Å². The average Bonchev–Trinajstić information content (AvgIpc) is 2.96. The summed E-state index contributed by atoms with van der Waals surface area (Å²) in [6.45, 7) is 7.05. The van der Waals surface area contributed by atoms with E-state index in [0.29, 0.717) is 29.6 Å². The molecule has 2 N–H and O–H groups in total. The number of benzene rings is 1. The molecule has 0 atom stereocenters. The number of nitrogens with zero attached hydrogens (tertiary/aromatic N) is 2. The fraction of sp³-hybridized carbons (Fsp3) is 0.312. The van der Waals surface area contributed by atoms with Crippen molar-refractivity contribution in [3.8, 4) is 0 Å². The maximum absolute atomic E-state index is 12.2. The third-order valence-corrected chi connectivity index (χ3v) is 4.03. The van der Waals surface area contributed by atoms with E-state index in [9.17, 15) is 9.59 Å². The molecule has 0 aliphatic carbocycles. The number of amides is 3. The maximum atomic E-state index is 12.2. The molecule has 0 unspecified atom stereocenters. The van der Waals surface area contributed by atoms with Crippen LogP contribution >= 0.6 is 11.3 Å². The average molecular weight is 332 g/mol. The van der Waals surface area contributed by atoms with E-state index in [1.807, 2.05) is 45.0 Å². The van der Waals surface area contributed by atoms with Gasteiger partial charge in [0.25, 0.3) is 5.91 Å². The van der Waals surface area contributed by atoms with E-state index in [1.54, 1.807) is 10.3 Å². The number of rotatable bonds is 5. The molecule has 1 heterocycles. The summed E-state index contributed by atoms with van der Waals surface area (Å²) < 4.78 is 0. The van der Waals surface area contributed by atoms with E-state index >= 15 is 0 Å². The number of hydrogen-bond donors (Lipinski definition) is 2. The van der Waals surface area contributed by atoms with Crippen LogP contribution in [0.25, 0.3) is 0 Å². The van der Waals surface area contributed by atoms with Crippen molar-refractivity contribution in [1.82, 2.24) is 9.88 Å². The van der Waals surface area contributed by atoms with Crippen molar-refractivity contribution in [2.45, 2.75) is 20.8 Å². The van der Waals surface area contributed by atoms with Gasteiger partial charge >= 0.3 is 6.03 Å². The van der Waals surface area contributed by atoms with Gasteiger partial charge in [0.15, 0.2) is 5.13 Å². The maximum Gasteiger partial charge on any atom is 0.325 e. The number of nitrogens with one attached hydrogen (secondary N) is 2. The molecule has 0 aliphatic rings. The van der Waals surface area contributed by atoms with Crippen LogP contribution in [0.4, 0.5) is 15.6 Å². The van der Waals surface area contributed by atoms with Crippen molar-refractivity contribution < 1.29 is 9.59 Å². The van der Waals surface area contributed by atoms with E-state index in [0.717, 1.165) is 5.56 Å². The second kappa shape index (κ2) is 7.73. The second-order valence-corrected chi connectivity index (χ2v) is 5.82. The van der Waals surface area contributed by atoms with Gasteiger partial charge in [0.2, 0.25) is 0 Å². The lowest BCUT2D eigenvalue weighted by Gasteiger charge is -2.16. The Morgan fingerprint density at radius 2 is 1.96 bits per heavy atom. The molecule has 0 fully saturated rings. The van der Waals surface area contributed by atoms with Crippen LogP contribution in [0.2, 0.25) is 0 Å². The highest BCUT2D eigenvalue weighted by Crippen LogP contribution is 2.17. The molecule has 2 aromatic rings. The molecule has 1 aromatic heterocycles. The van der Waals surface area contributed by atoms with Crippen molar-refractivity contribution in [2.75, 3.05) is 23.7 Å². The zero-order chi connectivity index (χ0) is 16.8. The normalized spacial score (nSPS) is 10.2. The summed E-state index contributed by atoms with van der Waals surface area (Å²) in [7, 11) is 0. The smallest absolute Gasteiger partial charge is 0.325 e. The van der Waals surface area contributed by atoms with Gasteiger partial charge in [-0.05, 0) is 38.5 Å². The summed E-state index contributed by atoms with van der Waals surface area (Å²) in [4.78, 5) is 30.0. The second-order valence-electron chi connectivity index (χ2n) is 4.96. The first kappa shape index (κ1) is 17.0.